The van der Waals surface area contributed by atoms with Gasteiger partial charge in [0.25, 0.3) is 0 Å². The van der Waals surface area contributed by atoms with Gasteiger partial charge in [0.05, 0.1) is 17.9 Å². The third-order valence-electron chi connectivity index (χ3n) is 3.03. The molecule has 0 amide bonds. The van der Waals surface area contributed by atoms with E-state index in [1.54, 1.807) is 7.05 Å². The third kappa shape index (κ3) is 26.4. The first-order valence-corrected chi connectivity index (χ1v) is 9.13. The molecular formula is C15H30NO6S-. The van der Waals surface area contributed by atoms with Crippen LogP contribution in [0.15, 0.2) is 0 Å². The van der Waals surface area contributed by atoms with Crippen molar-refractivity contribution in [3.8, 4) is 0 Å². The van der Waals surface area contributed by atoms with E-state index in [1.165, 1.54) is 44.9 Å². The van der Waals surface area contributed by atoms with Gasteiger partial charge in [-0.05, 0) is 13.5 Å². The third-order valence-corrected chi connectivity index (χ3v) is 3.03. The number of carbonyl (C=O) groups excluding carboxylic acids is 2. The van der Waals surface area contributed by atoms with E-state index >= 15 is 0 Å². The van der Waals surface area contributed by atoms with Gasteiger partial charge in [-0.15, -0.1) is 0 Å². The molecule has 0 bridgehead atoms. The molecule has 0 rings (SSSR count). The van der Waals surface area contributed by atoms with Crippen molar-refractivity contribution >= 4 is 23.3 Å². The molecule has 0 spiro atoms. The topological polar surface area (TPSA) is 116 Å². The zero-order chi connectivity index (χ0) is 17.9. The highest BCUT2D eigenvalue weighted by Gasteiger charge is 2.08. The summed E-state index contributed by atoms with van der Waals surface area (Å²) in [7, 11) is 1.65. The number of ether oxygens (including phenoxy) is 1. The monoisotopic (exact) mass is 352 g/mol. The second kappa shape index (κ2) is 19.2. The number of hydrogen-bond donors (Lipinski definition) is 2. The van der Waals surface area contributed by atoms with Gasteiger partial charge in [0.1, 0.15) is 0 Å². The Labute approximate surface area is 141 Å². The Kier molecular flexibility index (Phi) is 20.4. The maximum atomic E-state index is 11.3. The van der Waals surface area contributed by atoms with Crippen molar-refractivity contribution in [2.75, 3.05) is 13.6 Å². The fraction of sp³-hybridized carbons (Fsp3) is 0.867. The maximum absolute atomic E-state index is 11.3. The standard InChI is InChI=1S/C15H29NO3.H2O3S/c1-3-4-5-6-7-8-9-10-11-12-14(17)19-15(18)13-16-2;1-4(2)3/h16H,3-13H2,1-2H3;(H2,1,2,3)/p-1. The summed E-state index contributed by atoms with van der Waals surface area (Å²) in [5.74, 6) is -0.897. The predicted octanol–water partition coefficient (Wildman–Crippen LogP) is 2.54. The van der Waals surface area contributed by atoms with Gasteiger partial charge in [0.2, 0.25) is 0 Å². The van der Waals surface area contributed by atoms with Crippen LogP contribution in [0, 0.1) is 0 Å². The lowest BCUT2D eigenvalue weighted by atomic mass is 10.1. The Hall–Kier alpha value is -0.830. The van der Waals surface area contributed by atoms with E-state index in [-0.39, 0.29) is 6.54 Å². The highest BCUT2D eigenvalue weighted by atomic mass is 32.2. The molecule has 0 saturated heterocycles. The SMILES string of the molecule is CCCCCCCCCCCC(=O)OC(=O)CNC.O=S([O-])O. The van der Waals surface area contributed by atoms with Crippen molar-refractivity contribution in [1.29, 1.82) is 0 Å². The van der Waals surface area contributed by atoms with E-state index in [9.17, 15) is 9.59 Å². The molecular weight excluding hydrogens is 322 g/mol. The average molecular weight is 352 g/mol. The summed E-state index contributed by atoms with van der Waals surface area (Å²) in [6.45, 7) is 2.31. The first kappa shape index (κ1) is 24.4. The molecule has 0 saturated carbocycles. The lowest BCUT2D eigenvalue weighted by molar-refractivity contribution is -0.158. The minimum atomic E-state index is -2.86. The summed E-state index contributed by atoms with van der Waals surface area (Å²) in [4.78, 5) is 22.3. The minimum Gasteiger partial charge on any atom is -0.750 e. The van der Waals surface area contributed by atoms with Gasteiger partial charge < -0.3 is 19.2 Å². The van der Waals surface area contributed by atoms with Crippen molar-refractivity contribution in [1.82, 2.24) is 5.32 Å². The number of likely N-dealkylation sites (N-methyl/N-ethyl adjacent to an activating group) is 1. The fourth-order valence-corrected chi connectivity index (χ4v) is 1.94. The number of unbranched alkanes of at least 4 members (excludes halogenated alkanes) is 8. The van der Waals surface area contributed by atoms with Gasteiger partial charge in [0.15, 0.2) is 0 Å². The lowest BCUT2D eigenvalue weighted by Crippen LogP contribution is -2.23. The van der Waals surface area contributed by atoms with E-state index < -0.39 is 23.3 Å². The second-order valence-corrected chi connectivity index (χ2v) is 5.61. The van der Waals surface area contributed by atoms with Crippen molar-refractivity contribution < 1.29 is 27.6 Å². The van der Waals surface area contributed by atoms with E-state index in [0.717, 1.165) is 12.8 Å². The molecule has 0 aliphatic carbocycles. The zero-order valence-corrected chi connectivity index (χ0v) is 15.0. The molecule has 8 heteroatoms. The van der Waals surface area contributed by atoms with Crippen LogP contribution in [-0.2, 0) is 25.7 Å². The molecule has 0 aliphatic heterocycles. The van der Waals surface area contributed by atoms with Crippen molar-refractivity contribution in [3.63, 3.8) is 0 Å². The van der Waals surface area contributed by atoms with E-state index in [1.807, 2.05) is 0 Å². The smallest absolute Gasteiger partial charge is 0.327 e. The largest absolute Gasteiger partial charge is 0.750 e. The Morgan fingerprint density at radius 1 is 1.00 bits per heavy atom. The number of hydrogen-bond acceptors (Lipinski definition) is 6. The van der Waals surface area contributed by atoms with Crippen LogP contribution >= 0.6 is 0 Å². The number of carbonyl (C=O) groups is 2. The fourth-order valence-electron chi connectivity index (χ4n) is 1.94. The second-order valence-electron chi connectivity index (χ2n) is 5.17. The molecule has 7 nitrogen and oxygen atoms in total. The average Bonchev–Trinajstić information content (AvgIpc) is 2.45. The van der Waals surface area contributed by atoms with Crippen LogP contribution < -0.4 is 5.32 Å². The molecule has 0 aromatic rings. The van der Waals surface area contributed by atoms with E-state index in [0.29, 0.717) is 6.42 Å². The molecule has 0 heterocycles. The van der Waals surface area contributed by atoms with E-state index in [4.69, 9.17) is 13.3 Å². The molecule has 0 aliphatic rings. The highest BCUT2D eigenvalue weighted by molar-refractivity contribution is 7.73. The number of nitrogens with one attached hydrogen (secondary N) is 1. The maximum Gasteiger partial charge on any atom is 0.327 e. The summed E-state index contributed by atoms with van der Waals surface area (Å²) in [5.41, 5.74) is 0. The van der Waals surface area contributed by atoms with Crippen molar-refractivity contribution in [3.05, 3.63) is 0 Å². The van der Waals surface area contributed by atoms with Gasteiger partial charge in [-0.25, -0.2) is 4.21 Å². The Balaban J connectivity index is 0. The summed E-state index contributed by atoms with van der Waals surface area (Å²) in [6, 6.07) is 0. The Morgan fingerprint density at radius 3 is 1.87 bits per heavy atom. The summed E-state index contributed by atoms with van der Waals surface area (Å²) in [5, 5.41) is 2.65. The molecule has 0 aromatic heterocycles. The van der Waals surface area contributed by atoms with Crippen LogP contribution in [-0.4, -0.2) is 38.8 Å². The molecule has 23 heavy (non-hydrogen) atoms. The van der Waals surface area contributed by atoms with Gasteiger partial charge in [-0.3, -0.25) is 9.59 Å². The van der Waals surface area contributed by atoms with Crippen molar-refractivity contribution in [2.45, 2.75) is 71.1 Å². The zero-order valence-electron chi connectivity index (χ0n) is 14.2. The number of rotatable bonds is 12. The van der Waals surface area contributed by atoms with Crippen LogP contribution in [0.2, 0.25) is 0 Å². The van der Waals surface area contributed by atoms with E-state index in [2.05, 4.69) is 17.0 Å². The molecule has 2 N–H and O–H groups in total. The Bertz CT molecular complexity index is 321. The van der Waals surface area contributed by atoms with Crippen LogP contribution in [0.1, 0.15) is 71.1 Å². The minimum absolute atomic E-state index is 0.0868. The van der Waals surface area contributed by atoms with Gasteiger partial charge in [0, 0.05) is 6.42 Å². The first-order chi connectivity index (χ1) is 10.9. The first-order valence-electron chi connectivity index (χ1n) is 8.10. The van der Waals surface area contributed by atoms with Crippen LogP contribution in [0.4, 0.5) is 0 Å². The normalized spacial score (nSPS) is 11.3. The molecule has 0 fully saturated rings. The summed E-state index contributed by atoms with van der Waals surface area (Å²) >= 11 is -2.86. The molecule has 1 atom stereocenters. The van der Waals surface area contributed by atoms with Gasteiger partial charge in [-0.2, -0.15) is 0 Å². The van der Waals surface area contributed by atoms with Crippen molar-refractivity contribution in [2.24, 2.45) is 0 Å². The molecule has 0 radical (unpaired) electrons. The van der Waals surface area contributed by atoms with Crippen LogP contribution in [0.3, 0.4) is 0 Å². The Morgan fingerprint density at radius 2 is 1.43 bits per heavy atom. The molecule has 1 unspecified atom stereocenters. The van der Waals surface area contributed by atoms with Crippen LogP contribution in [0.25, 0.3) is 0 Å². The van der Waals surface area contributed by atoms with Gasteiger partial charge >= 0.3 is 11.9 Å². The highest BCUT2D eigenvalue weighted by Crippen LogP contribution is 2.10. The summed E-state index contributed by atoms with van der Waals surface area (Å²) in [6.07, 6.45) is 11.2. The quantitative estimate of drug-likeness (QED) is 0.240. The molecule has 138 valence electrons. The van der Waals surface area contributed by atoms with Gasteiger partial charge in [-0.1, -0.05) is 58.3 Å². The summed E-state index contributed by atoms with van der Waals surface area (Å²) < 4.78 is 28.7. The number of esters is 2. The van der Waals surface area contributed by atoms with Crippen LogP contribution in [0.5, 0.6) is 0 Å². The molecule has 0 aromatic carbocycles. The lowest BCUT2D eigenvalue weighted by Gasteiger charge is -2.03. The predicted molar refractivity (Wildman–Crippen MR) is 88.4 cm³/mol.